The molecule has 0 fully saturated rings. The smallest absolute Gasteiger partial charge is 0.279 e. The molecule has 1 atom stereocenters. The van der Waals surface area contributed by atoms with Gasteiger partial charge in [0.2, 0.25) is 10.0 Å². The molecule has 0 radical (unpaired) electrons. The fourth-order valence-corrected chi connectivity index (χ4v) is 3.49. The van der Waals surface area contributed by atoms with Gasteiger partial charge < -0.3 is 4.74 Å². The molecule has 2 amide bonds. The number of amides is 2. The van der Waals surface area contributed by atoms with Crippen molar-refractivity contribution in [3.05, 3.63) is 58.9 Å². The van der Waals surface area contributed by atoms with Gasteiger partial charge in [0, 0.05) is 5.56 Å². The molecule has 0 spiro atoms. The normalized spacial score (nSPS) is 12.2. The quantitative estimate of drug-likeness (QED) is 0.611. The van der Waals surface area contributed by atoms with Crippen molar-refractivity contribution in [1.82, 2.24) is 15.6 Å². The zero-order valence-corrected chi connectivity index (χ0v) is 17.2. The van der Waals surface area contributed by atoms with Gasteiger partial charge in [0.25, 0.3) is 11.8 Å². The first-order valence-corrected chi connectivity index (χ1v) is 10.1. The second-order valence-electron chi connectivity index (χ2n) is 6.26. The van der Waals surface area contributed by atoms with Gasteiger partial charge in [0.1, 0.15) is 0 Å². The molecule has 2 rings (SSSR count). The van der Waals surface area contributed by atoms with E-state index in [0.29, 0.717) is 11.1 Å². The van der Waals surface area contributed by atoms with Gasteiger partial charge in [-0.1, -0.05) is 12.1 Å². The Morgan fingerprint density at radius 3 is 2.38 bits per heavy atom. The number of nitrogens with one attached hydrogen (secondary N) is 3. The molecule has 0 saturated heterocycles. The first-order valence-electron chi connectivity index (χ1n) is 8.63. The first-order chi connectivity index (χ1) is 13.6. The average molecular weight is 423 g/mol. The van der Waals surface area contributed by atoms with Crippen LogP contribution in [0.5, 0.6) is 5.75 Å². The number of hydrogen-bond acceptors (Lipinski definition) is 5. The van der Waals surface area contributed by atoms with Crippen molar-refractivity contribution >= 4 is 21.8 Å². The van der Waals surface area contributed by atoms with E-state index in [1.807, 2.05) is 0 Å². The molecule has 29 heavy (non-hydrogen) atoms. The maximum absolute atomic E-state index is 13.6. The molecule has 0 aromatic heterocycles. The summed E-state index contributed by atoms with van der Waals surface area (Å²) in [6, 6.07) is 8.33. The van der Waals surface area contributed by atoms with Crippen LogP contribution in [-0.4, -0.2) is 33.4 Å². The maximum Gasteiger partial charge on any atom is 0.279 e. The van der Waals surface area contributed by atoms with E-state index in [2.05, 4.69) is 15.6 Å². The van der Waals surface area contributed by atoms with Crippen molar-refractivity contribution < 1.29 is 27.1 Å². The van der Waals surface area contributed by atoms with Crippen molar-refractivity contribution in [2.75, 3.05) is 7.05 Å². The summed E-state index contributed by atoms with van der Waals surface area (Å²) in [7, 11) is -2.49. The Kier molecular flexibility index (Phi) is 6.93. The number of ether oxygens (including phenoxy) is 1. The number of carbonyl (C=O) groups is 2. The summed E-state index contributed by atoms with van der Waals surface area (Å²) < 4.78 is 45.3. The van der Waals surface area contributed by atoms with Crippen LogP contribution < -0.4 is 20.3 Å². The third-order valence-electron chi connectivity index (χ3n) is 4.25. The predicted octanol–water partition coefficient (Wildman–Crippen LogP) is 1.58. The van der Waals surface area contributed by atoms with Gasteiger partial charge in [-0.25, -0.2) is 17.5 Å². The number of para-hydroxylation sites is 1. The number of hydrogen-bond donors (Lipinski definition) is 3. The maximum atomic E-state index is 13.6. The fourth-order valence-electron chi connectivity index (χ4n) is 2.42. The Labute approximate surface area is 168 Å². The lowest BCUT2D eigenvalue weighted by Gasteiger charge is -2.16. The predicted molar refractivity (Wildman–Crippen MR) is 104 cm³/mol. The highest BCUT2D eigenvalue weighted by molar-refractivity contribution is 7.89. The van der Waals surface area contributed by atoms with Gasteiger partial charge in [0.05, 0.1) is 4.90 Å². The Balaban J connectivity index is 2.09. The van der Waals surface area contributed by atoms with E-state index >= 15 is 0 Å². The van der Waals surface area contributed by atoms with Gasteiger partial charge in [-0.2, -0.15) is 0 Å². The average Bonchev–Trinajstić information content (AvgIpc) is 2.69. The molecule has 0 bridgehead atoms. The van der Waals surface area contributed by atoms with E-state index in [9.17, 15) is 22.4 Å². The lowest BCUT2D eigenvalue weighted by Crippen LogP contribution is -2.47. The van der Waals surface area contributed by atoms with Crippen molar-refractivity contribution in [2.45, 2.75) is 31.8 Å². The third-order valence-corrected chi connectivity index (χ3v) is 5.79. The van der Waals surface area contributed by atoms with Gasteiger partial charge in [-0.3, -0.25) is 20.4 Å². The second-order valence-corrected chi connectivity index (χ2v) is 8.11. The van der Waals surface area contributed by atoms with Crippen LogP contribution in [0.15, 0.2) is 41.3 Å². The third kappa shape index (κ3) is 5.30. The van der Waals surface area contributed by atoms with E-state index in [1.165, 1.54) is 44.3 Å². The summed E-state index contributed by atoms with van der Waals surface area (Å²) in [5.74, 6) is -2.15. The summed E-state index contributed by atoms with van der Waals surface area (Å²) in [4.78, 5) is 24.4. The molecule has 2 aromatic rings. The van der Waals surface area contributed by atoms with E-state index < -0.39 is 33.8 Å². The minimum Gasteiger partial charge on any atom is -0.478 e. The Morgan fingerprint density at radius 1 is 1.10 bits per heavy atom. The molecule has 156 valence electrons. The Hall–Kier alpha value is -2.98. The molecule has 0 heterocycles. The first kappa shape index (κ1) is 22.3. The zero-order valence-electron chi connectivity index (χ0n) is 16.4. The molecule has 0 aliphatic heterocycles. The summed E-state index contributed by atoms with van der Waals surface area (Å²) in [5, 5.41) is 0. The summed E-state index contributed by atoms with van der Waals surface area (Å²) in [6.07, 6.45) is -1.09. The van der Waals surface area contributed by atoms with Crippen LogP contribution in [0.1, 0.15) is 28.4 Å². The van der Waals surface area contributed by atoms with Crippen LogP contribution in [0.3, 0.4) is 0 Å². The molecule has 0 saturated carbocycles. The number of benzene rings is 2. The molecule has 1 unspecified atom stereocenters. The topological polar surface area (TPSA) is 114 Å². The monoisotopic (exact) mass is 423 g/mol. The summed E-state index contributed by atoms with van der Waals surface area (Å²) >= 11 is 0. The molecular weight excluding hydrogens is 401 g/mol. The van der Waals surface area contributed by atoms with Gasteiger partial charge in [0.15, 0.2) is 17.7 Å². The fraction of sp³-hybridized carbons (Fsp3) is 0.263. The van der Waals surface area contributed by atoms with Gasteiger partial charge >= 0.3 is 0 Å². The van der Waals surface area contributed by atoms with Crippen LogP contribution in [0.2, 0.25) is 0 Å². The molecule has 0 aliphatic rings. The van der Waals surface area contributed by atoms with Crippen LogP contribution in [0.4, 0.5) is 4.39 Å². The largest absolute Gasteiger partial charge is 0.478 e. The van der Waals surface area contributed by atoms with Crippen molar-refractivity contribution in [1.29, 1.82) is 0 Å². The van der Waals surface area contributed by atoms with Gasteiger partial charge in [-0.05, 0) is 63.2 Å². The Bertz CT molecular complexity index is 1040. The van der Waals surface area contributed by atoms with Crippen molar-refractivity contribution in [3.63, 3.8) is 0 Å². The SMILES string of the molecule is CNS(=O)(=O)c1cc(C(=O)NNC(=O)C(C)Oc2ccccc2F)cc(C)c1C. The number of rotatable bonds is 6. The number of hydrazine groups is 1. The van der Waals surface area contributed by atoms with Crippen molar-refractivity contribution in [3.8, 4) is 5.75 Å². The van der Waals surface area contributed by atoms with Gasteiger partial charge in [-0.15, -0.1) is 0 Å². The van der Waals surface area contributed by atoms with Crippen LogP contribution in [-0.2, 0) is 14.8 Å². The number of sulfonamides is 1. The molecule has 10 heteroatoms. The highest BCUT2D eigenvalue weighted by Gasteiger charge is 2.21. The zero-order chi connectivity index (χ0) is 21.8. The summed E-state index contributed by atoms with van der Waals surface area (Å²) in [6.45, 7) is 4.69. The second kappa shape index (κ2) is 9.01. The standard InChI is InChI=1S/C19H22FN3O5S/c1-11-9-14(10-17(12(11)2)29(26,27)21-4)19(25)23-22-18(24)13(3)28-16-8-6-5-7-15(16)20/h5-10,13,21H,1-4H3,(H,22,24)(H,23,25). The van der Waals surface area contributed by atoms with Crippen LogP contribution >= 0.6 is 0 Å². The molecule has 0 aliphatic carbocycles. The highest BCUT2D eigenvalue weighted by Crippen LogP contribution is 2.21. The lowest BCUT2D eigenvalue weighted by molar-refractivity contribution is -0.128. The molecule has 3 N–H and O–H groups in total. The minimum atomic E-state index is -3.76. The Morgan fingerprint density at radius 2 is 1.76 bits per heavy atom. The van der Waals surface area contributed by atoms with E-state index in [-0.39, 0.29) is 16.2 Å². The lowest BCUT2D eigenvalue weighted by atomic mass is 10.1. The molecule has 8 nitrogen and oxygen atoms in total. The van der Waals surface area contributed by atoms with E-state index in [0.717, 1.165) is 0 Å². The minimum absolute atomic E-state index is 0.0345. The number of carbonyl (C=O) groups excluding carboxylic acids is 2. The van der Waals surface area contributed by atoms with E-state index in [4.69, 9.17) is 4.74 Å². The molecular formula is C19H22FN3O5S. The summed E-state index contributed by atoms with van der Waals surface area (Å²) in [5.41, 5.74) is 5.52. The highest BCUT2D eigenvalue weighted by atomic mass is 32.2. The molecule has 2 aromatic carbocycles. The number of aryl methyl sites for hydroxylation is 1. The number of halogens is 1. The van der Waals surface area contributed by atoms with E-state index in [1.54, 1.807) is 19.9 Å². The van der Waals surface area contributed by atoms with Crippen LogP contribution in [0, 0.1) is 19.7 Å². The van der Waals surface area contributed by atoms with Crippen LogP contribution in [0.25, 0.3) is 0 Å². The van der Waals surface area contributed by atoms with Crippen molar-refractivity contribution in [2.24, 2.45) is 0 Å².